The van der Waals surface area contributed by atoms with Crippen molar-refractivity contribution < 1.29 is 9.53 Å². The van der Waals surface area contributed by atoms with Gasteiger partial charge < -0.3 is 15.0 Å². The Bertz CT molecular complexity index is 482. The van der Waals surface area contributed by atoms with E-state index in [1.807, 2.05) is 33.0 Å². The largest absolute Gasteiger partial charge is 0.444 e. The van der Waals surface area contributed by atoms with Crippen molar-refractivity contribution in [3.05, 3.63) is 29.6 Å². The van der Waals surface area contributed by atoms with Gasteiger partial charge in [-0.25, -0.2) is 4.79 Å². The maximum atomic E-state index is 12.1. The van der Waals surface area contributed by atoms with Crippen molar-refractivity contribution in [1.29, 1.82) is 0 Å². The lowest BCUT2D eigenvalue weighted by Gasteiger charge is -2.35. The molecule has 2 rings (SSSR count). The van der Waals surface area contributed by atoms with Gasteiger partial charge in [0.2, 0.25) is 0 Å². The van der Waals surface area contributed by atoms with Gasteiger partial charge in [0.1, 0.15) is 5.60 Å². The van der Waals surface area contributed by atoms with Crippen LogP contribution in [0.4, 0.5) is 4.79 Å². The molecule has 1 amide bonds. The van der Waals surface area contributed by atoms with Gasteiger partial charge in [-0.1, -0.05) is 0 Å². The molecular formula is C15H23N3O2. The Balaban J connectivity index is 2.06. The number of hydrogen-bond acceptors (Lipinski definition) is 4. The number of carbonyl (C=O) groups excluding carboxylic acids is 1. The summed E-state index contributed by atoms with van der Waals surface area (Å²) in [5.41, 5.74) is 1.87. The van der Waals surface area contributed by atoms with Crippen LogP contribution in [0.3, 0.4) is 0 Å². The van der Waals surface area contributed by atoms with Crippen molar-refractivity contribution in [3.63, 3.8) is 0 Å². The van der Waals surface area contributed by atoms with Crippen LogP contribution < -0.4 is 5.32 Å². The maximum absolute atomic E-state index is 12.1. The highest BCUT2D eigenvalue weighted by atomic mass is 16.6. The minimum Gasteiger partial charge on any atom is -0.444 e. The molecule has 1 fully saturated rings. The molecule has 110 valence electrons. The zero-order chi connectivity index (χ0) is 14.8. The molecule has 0 aliphatic carbocycles. The molecule has 1 aliphatic rings. The van der Waals surface area contributed by atoms with Crippen LogP contribution in [-0.4, -0.2) is 41.2 Å². The van der Waals surface area contributed by atoms with E-state index in [1.54, 1.807) is 11.1 Å². The van der Waals surface area contributed by atoms with Gasteiger partial charge in [0.15, 0.2) is 0 Å². The molecule has 1 unspecified atom stereocenters. The molecule has 1 aliphatic heterocycles. The number of nitrogens with one attached hydrogen (secondary N) is 1. The second-order valence-corrected chi connectivity index (χ2v) is 6.17. The van der Waals surface area contributed by atoms with Crippen LogP contribution in [0.2, 0.25) is 0 Å². The summed E-state index contributed by atoms with van der Waals surface area (Å²) in [7, 11) is 0. The lowest BCUT2D eigenvalue weighted by Crippen LogP contribution is -2.49. The summed E-state index contributed by atoms with van der Waals surface area (Å²) in [6, 6.07) is 2.11. The lowest BCUT2D eigenvalue weighted by atomic mass is 10.0. The summed E-state index contributed by atoms with van der Waals surface area (Å²) in [5.74, 6) is 0. The van der Waals surface area contributed by atoms with E-state index < -0.39 is 5.60 Å². The zero-order valence-electron chi connectivity index (χ0n) is 12.6. The molecule has 1 atom stereocenters. The van der Waals surface area contributed by atoms with Gasteiger partial charge in [-0.2, -0.15) is 0 Å². The van der Waals surface area contributed by atoms with E-state index in [4.69, 9.17) is 4.74 Å². The number of aromatic nitrogens is 1. The van der Waals surface area contributed by atoms with E-state index in [9.17, 15) is 4.79 Å². The van der Waals surface area contributed by atoms with E-state index in [0.717, 1.165) is 12.1 Å². The predicted molar refractivity (Wildman–Crippen MR) is 77.5 cm³/mol. The van der Waals surface area contributed by atoms with Crippen LogP contribution >= 0.6 is 0 Å². The standard InChI is InChI=1S/C15H23N3O2/c1-11-5-6-16-9-12(11)13-10-18(8-7-17-13)14(19)20-15(2,3)4/h5-6,9,13,17H,7-8,10H2,1-4H3. The first kappa shape index (κ1) is 14.8. The van der Waals surface area contributed by atoms with Gasteiger partial charge in [-0.15, -0.1) is 0 Å². The van der Waals surface area contributed by atoms with Gasteiger partial charge in [-0.3, -0.25) is 4.98 Å². The smallest absolute Gasteiger partial charge is 0.410 e. The molecule has 1 N–H and O–H groups in total. The first-order valence-corrected chi connectivity index (χ1v) is 6.98. The molecule has 0 saturated carbocycles. The average Bonchev–Trinajstić information content (AvgIpc) is 2.37. The predicted octanol–water partition coefficient (Wildman–Crippen LogP) is 2.27. The van der Waals surface area contributed by atoms with E-state index in [-0.39, 0.29) is 12.1 Å². The minimum atomic E-state index is -0.457. The molecule has 1 aromatic rings. The fourth-order valence-electron chi connectivity index (χ4n) is 2.29. The number of ether oxygens (including phenoxy) is 1. The molecule has 0 aromatic carbocycles. The average molecular weight is 277 g/mol. The summed E-state index contributed by atoms with van der Waals surface area (Å²) in [6.45, 7) is 9.76. The molecule has 20 heavy (non-hydrogen) atoms. The number of aryl methyl sites for hydroxylation is 1. The first-order valence-electron chi connectivity index (χ1n) is 6.98. The number of pyridine rings is 1. The van der Waals surface area contributed by atoms with Crippen molar-refractivity contribution in [3.8, 4) is 0 Å². The number of rotatable bonds is 1. The quantitative estimate of drug-likeness (QED) is 0.855. The Kier molecular flexibility index (Phi) is 4.28. The molecule has 2 heterocycles. The van der Waals surface area contributed by atoms with Crippen LogP contribution in [0.5, 0.6) is 0 Å². The third-order valence-electron chi connectivity index (χ3n) is 3.28. The fraction of sp³-hybridized carbons (Fsp3) is 0.600. The zero-order valence-corrected chi connectivity index (χ0v) is 12.6. The Labute approximate surface area is 120 Å². The highest BCUT2D eigenvalue weighted by molar-refractivity contribution is 5.68. The molecule has 1 aromatic heterocycles. The number of nitrogens with zero attached hydrogens (tertiary/aromatic N) is 2. The SMILES string of the molecule is Cc1ccncc1C1CN(C(=O)OC(C)(C)C)CCN1. The van der Waals surface area contributed by atoms with E-state index in [2.05, 4.69) is 17.2 Å². The summed E-state index contributed by atoms with van der Waals surface area (Å²) in [4.78, 5) is 18.1. The molecule has 5 heteroatoms. The third kappa shape index (κ3) is 3.70. The molecular weight excluding hydrogens is 254 g/mol. The van der Waals surface area contributed by atoms with Gasteiger partial charge in [-0.05, 0) is 44.9 Å². The van der Waals surface area contributed by atoms with Crippen molar-refractivity contribution in [1.82, 2.24) is 15.2 Å². The van der Waals surface area contributed by atoms with Crippen LogP contribution in [0, 0.1) is 6.92 Å². The van der Waals surface area contributed by atoms with Crippen LogP contribution in [0.1, 0.15) is 37.9 Å². The minimum absolute atomic E-state index is 0.116. The van der Waals surface area contributed by atoms with Crippen LogP contribution in [0.25, 0.3) is 0 Å². The summed E-state index contributed by atoms with van der Waals surface area (Å²) in [5, 5.41) is 3.43. The molecule has 0 radical (unpaired) electrons. The van der Waals surface area contributed by atoms with E-state index >= 15 is 0 Å². The molecule has 5 nitrogen and oxygen atoms in total. The fourth-order valence-corrected chi connectivity index (χ4v) is 2.29. The van der Waals surface area contributed by atoms with Gasteiger partial charge in [0.25, 0.3) is 0 Å². The van der Waals surface area contributed by atoms with Gasteiger partial charge in [0.05, 0.1) is 6.04 Å². The second-order valence-electron chi connectivity index (χ2n) is 6.17. The monoisotopic (exact) mass is 277 g/mol. The number of amides is 1. The molecule has 1 saturated heterocycles. The van der Waals surface area contributed by atoms with Gasteiger partial charge in [0, 0.05) is 32.0 Å². The van der Waals surface area contributed by atoms with Crippen LogP contribution in [-0.2, 0) is 4.74 Å². The maximum Gasteiger partial charge on any atom is 0.410 e. The van der Waals surface area contributed by atoms with Crippen molar-refractivity contribution in [2.75, 3.05) is 19.6 Å². The summed E-state index contributed by atoms with van der Waals surface area (Å²) in [6.07, 6.45) is 3.41. The van der Waals surface area contributed by atoms with Gasteiger partial charge >= 0.3 is 6.09 Å². The van der Waals surface area contributed by atoms with E-state index in [1.165, 1.54) is 5.56 Å². The second kappa shape index (κ2) is 5.79. The van der Waals surface area contributed by atoms with Crippen molar-refractivity contribution in [2.24, 2.45) is 0 Å². The molecule has 0 spiro atoms. The Morgan fingerprint density at radius 2 is 2.25 bits per heavy atom. The first-order chi connectivity index (χ1) is 9.37. The van der Waals surface area contributed by atoms with Crippen molar-refractivity contribution >= 4 is 6.09 Å². The lowest BCUT2D eigenvalue weighted by molar-refractivity contribution is 0.0194. The highest BCUT2D eigenvalue weighted by Crippen LogP contribution is 2.21. The van der Waals surface area contributed by atoms with Crippen molar-refractivity contribution in [2.45, 2.75) is 39.3 Å². The topological polar surface area (TPSA) is 54.5 Å². The summed E-state index contributed by atoms with van der Waals surface area (Å²) >= 11 is 0. The third-order valence-corrected chi connectivity index (χ3v) is 3.28. The number of carbonyl (C=O) groups is 1. The van der Waals surface area contributed by atoms with Crippen LogP contribution in [0.15, 0.2) is 18.5 Å². The molecule has 0 bridgehead atoms. The number of hydrogen-bond donors (Lipinski definition) is 1. The highest BCUT2D eigenvalue weighted by Gasteiger charge is 2.28. The summed E-state index contributed by atoms with van der Waals surface area (Å²) < 4.78 is 5.44. The normalized spacial score (nSPS) is 19.8. The number of piperazine rings is 1. The Morgan fingerprint density at radius 3 is 2.90 bits per heavy atom. The van der Waals surface area contributed by atoms with E-state index in [0.29, 0.717) is 13.1 Å². The Hall–Kier alpha value is -1.62. The Morgan fingerprint density at radius 1 is 1.50 bits per heavy atom.